The lowest BCUT2D eigenvalue weighted by Crippen LogP contribution is -2.28. The zero-order valence-electron chi connectivity index (χ0n) is 18.7. The summed E-state index contributed by atoms with van der Waals surface area (Å²) >= 11 is 0. The maximum atomic E-state index is 11.6. The first-order valence-corrected chi connectivity index (χ1v) is 14.0. The van der Waals surface area contributed by atoms with Crippen molar-refractivity contribution in [3.05, 3.63) is 121 Å². The van der Waals surface area contributed by atoms with Crippen LogP contribution in [0.4, 0.5) is 0 Å². The van der Waals surface area contributed by atoms with E-state index in [9.17, 15) is 4.79 Å². The van der Waals surface area contributed by atoms with Gasteiger partial charge in [-0.2, -0.15) is 0 Å². The predicted molar refractivity (Wildman–Crippen MR) is 143 cm³/mol. The van der Waals surface area contributed by atoms with E-state index in [-0.39, 0.29) is 5.97 Å². The Kier molecular flexibility index (Phi) is 8.42. The summed E-state index contributed by atoms with van der Waals surface area (Å²) in [6.07, 6.45) is 0.810. The molecule has 0 aliphatic carbocycles. The lowest BCUT2D eigenvalue weighted by atomic mass is 10.4. The highest BCUT2D eigenvalue weighted by Crippen LogP contribution is 2.57. The molecule has 0 saturated carbocycles. The number of hydrogen-bond donors (Lipinski definition) is 0. The van der Waals surface area contributed by atoms with Crippen LogP contribution in [-0.4, -0.2) is 18.0 Å². The van der Waals surface area contributed by atoms with Crippen LogP contribution in [0.2, 0.25) is 0 Å². The Bertz CT molecular complexity index is 957. The SMILES string of the molecule is CC(=O)OCCC(P(c1ccccc1)c1ccccc1)P(c1ccccc1)c1ccccc1. The second kappa shape index (κ2) is 11.9. The van der Waals surface area contributed by atoms with Crippen LogP contribution >= 0.6 is 15.8 Å². The number of esters is 1. The quantitative estimate of drug-likeness (QED) is 0.238. The molecule has 33 heavy (non-hydrogen) atoms. The van der Waals surface area contributed by atoms with Gasteiger partial charge < -0.3 is 4.74 Å². The fourth-order valence-corrected chi connectivity index (χ4v) is 11.2. The molecule has 0 N–H and O–H groups in total. The summed E-state index contributed by atoms with van der Waals surface area (Å²) < 4.78 is 5.50. The summed E-state index contributed by atoms with van der Waals surface area (Å²) in [4.78, 5) is 11.6. The maximum absolute atomic E-state index is 11.6. The fraction of sp³-hybridized carbons (Fsp3) is 0.138. The zero-order chi connectivity index (χ0) is 22.9. The largest absolute Gasteiger partial charge is 0.466 e. The van der Waals surface area contributed by atoms with Crippen molar-refractivity contribution < 1.29 is 9.53 Å². The van der Waals surface area contributed by atoms with Crippen molar-refractivity contribution in [2.75, 3.05) is 6.61 Å². The van der Waals surface area contributed by atoms with Gasteiger partial charge in [-0.1, -0.05) is 121 Å². The van der Waals surface area contributed by atoms with Crippen molar-refractivity contribution in [2.45, 2.75) is 18.7 Å². The summed E-state index contributed by atoms with van der Waals surface area (Å²) in [6.45, 7) is 1.92. The van der Waals surface area contributed by atoms with E-state index >= 15 is 0 Å². The van der Waals surface area contributed by atoms with Crippen LogP contribution < -0.4 is 21.2 Å². The first-order chi connectivity index (χ1) is 16.2. The second-order valence-electron chi connectivity index (χ2n) is 7.69. The van der Waals surface area contributed by atoms with Gasteiger partial charge in [0, 0.05) is 12.3 Å². The van der Waals surface area contributed by atoms with Gasteiger partial charge in [0.1, 0.15) is 0 Å². The molecule has 166 valence electrons. The van der Waals surface area contributed by atoms with Crippen molar-refractivity contribution in [2.24, 2.45) is 0 Å². The minimum absolute atomic E-state index is 0.221. The van der Waals surface area contributed by atoms with Gasteiger partial charge in [-0.05, 0) is 43.5 Å². The molecule has 0 amide bonds. The van der Waals surface area contributed by atoms with E-state index in [1.807, 2.05) is 0 Å². The van der Waals surface area contributed by atoms with Crippen molar-refractivity contribution in [1.29, 1.82) is 0 Å². The molecule has 0 aliphatic heterocycles. The number of rotatable bonds is 9. The second-order valence-corrected chi connectivity index (χ2v) is 12.9. The van der Waals surface area contributed by atoms with Gasteiger partial charge in [0.25, 0.3) is 0 Å². The number of hydrogen-bond acceptors (Lipinski definition) is 2. The van der Waals surface area contributed by atoms with Crippen LogP contribution in [0.15, 0.2) is 121 Å². The molecule has 0 atom stereocenters. The number of carbonyl (C=O) groups is 1. The van der Waals surface area contributed by atoms with Crippen molar-refractivity contribution in [3.8, 4) is 0 Å². The Hall–Kier alpha value is -2.79. The molecule has 0 heterocycles. The van der Waals surface area contributed by atoms with E-state index in [2.05, 4.69) is 121 Å². The van der Waals surface area contributed by atoms with Crippen LogP contribution in [0.25, 0.3) is 0 Å². The van der Waals surface area contributed by atoms with Gasteiger partial charge in [-0.15, -0.1) is 0 Å². The van der Waals surface area contributed by atoms with Gasteiger partial charge in [0.05, 0.1) is 6.61 Å². The molecule has 0 fully saturated rings. The summed E-state index contributed by atoms with van der Waals surface area (Å²) in [5, 5.41) is 5.72. The molecule has 0 aromatic heterocycles. The van der Waals surface area contributed by atoms with E-state index in [1.54, 1.807) is 0 Å². The van der Waals surface area contributed by atoms with Crippen LogP contribution in [0.1, 0.15) is 13.3 Å². The molecule has 0 aliphatic rings. The third-order valence-corrected chi connectivity index (χ3v) is 11.9. The predicted octanol–water partition coefficient (Wildman–Crippen LogP) is 5.53. The summed E-state index contributed by atoms with van der Waals surface area (Å²) in [7, 11) is -1.39. The standard InChI is InChI=1S/C29H28O2P2/c1-24(30)31-23-22-29(32(25-14-6-2-7-15-25)26-16-8-3-9-17-26)33(27-18-10-4-11-19-27)28-20-12-5-13-21-28/h2-21,29H,22-23H2,1H3. The maximum Gasteiger partial charge on any atom is 0.302 e. The summed E-state index contributed by atoms with van der Waals surface area (Å²) in [6, 6.07) is 43.3. The van der Waals surface area contributed by atoms with E-state index < -0.39 is 15.8 Å². The smallest absolute Gasteiger partial charge is 0.302 e. The van der Waals surface area contributed by atoms with Gasteiger partial charge in [-0.3, -0.25) is 4.79 Å². The van der Waals surface area contributed by atoms with E-state index in [1.165, 1.54) is 28.1 Å². The minimum Gasteiger partial charge on any atom is -0.466 e. The van der Waals surface area contributed by atoms with Crippen molar-refractivity contribution in [3.63, 3.8) is 0 Å². The molecule has 0 radical (unpaired) electrons. The highest BCUT2D eigenvalue weighted by Gasteiger charge is 2.33. The third kappa shape index (κ3) is 6.17. The zero-order valence-corrected chi connectivity index (χ0v) is 20.5. The molecule has 4 aromatic rings. The van der Waals surface area contributed by atoms with E-state index in [4.69, 9.17) is 4.74 Å². The monoisotopic (exact) mass is 470 g/mol. The highest BCUT2D eigenvalue weighted by molar-refractivity contribution is 7.89. The highest BCUT2D eigenvalue weighted by atomic mass is 31.2. The van der Waals surface area contributed by atoms with Gasteiger partial charge in [-0.25, -0.2) is 0 Å². The Morgan fingerprint density at radius 3 is 1.18 bits per heavy atom. The van der Waals surface area contributed by atoms with Gasteiger partial charge >= 0.3 is 5.97 Å². The molecular weight excluding hydrogens is 442 g/mol. The Morgan fingerprint density at radius 2 is 0.909 bits per heavy atom. The first kappa shape index (κ1) is 23.4. The topological polar surface area (TPSA) is 26.3 Å². The average molecular weight is 470 g/mol. The summed E-state index contributed by atoms with van der Waals surface area (Å²) in [5.41, 5.74) is 0. The molecule has 4 rings (SSSR count). The van der Waals surface area contributed by atoms with Gasteiger partial charge in [0.2, 0.25) is 0 Å². The molecule has 4 heteroatoms. The van der Waals surface area contributed by atoms with Crippen LogP contribution in [-0.2, 0) is 9.53 Å². The van der Waals surface area contributed by atoms with Crippen molar-refractivity contribution >= 4 is 43.0 Å². The van der Waals surface area contributed by atoms with Crippen LogP contribution in [0.3, 0.4) is 0 Å². The molecule has 2 nitrogen and oxygen atoms in total. The molecule has 0 bridgehead atoms. The molecule has 0 unspecified atom stereocenters. The Labute approximate surface area is 199 Å². The number of carbonyl (C=O) groups excluding carboxylic acids is 1. The van der Waals surface area contributed by atoms with Gasteiger partial charge in [0.15, 0.2) is 0 Å². The van der Waals surface area contributed by atoms with E-state index in [0.717, 1.165) is 6.42 Å². The third-order valence-electron chi connectivity index (χ3n) is 5.41. The molecule has 4 aromatic carbocycles. The van der Waals surface area contributed by atoms with Crippen molar-refractivity contribution in [1.82, 2.24) is 0 Å². The first-order valence-electron chi connectivity index (χ1n) is 11.2. The summed E-state index contributed by atoms with van der Waals surface area (Å²) in [5.74, 6) is -0.221. The lowest BCUT2D eigenvalue weighted by Gasteiger charge is -2.36. The average Bonchev–Trinajstić information content (AvgIpc) is 2.87. The Balaban J connectivity index is 1.87. The fourth-order valence-electron chi connectivity index (χ4n) is 4.02. The Morgan fingerprint density at radius 1 is 0.606 bits per heavy atom. The minimum atomic E-state index is -0.694. The van der Waals surface area contributed by atoms with Crippen LogP contribution in [0.5, 0.6) is 0 Å². The molecule has 0 spiro atoms. The number of ether oxygens (including phenoxy) is 1. The normalized spacial score (nSPS) is 11.2. The van der Waals surface area contributed by atoms with E-state index in [0.29, 0.717) is 12.0 Å². The number of benzene rings is 4. The molecular formula is C29H28O2P2. The lowest BCUT2D eigenvalue weighted by molar-refractivity contribution is -0.140. The van der Waals surface area contributed by atoms with Crippen LogP contribution in [0, 0.1) is 0 Å². The molecule has 0 saturated heterocycles.